The first-order valence-electron chi connectivity index (χ1n) is 6.46. The van der Waals surface area contributed by atoms with E-state index in [9.17, 15) is 13.2 Å². The van der Waals surface area contributed by atoms with Crippen LogP contribution >= 0.6 is 0 Å². The van der Waals surface area contributed by atoms with E-state index in [0.29, 0.717) is 6.54 Å². The minimum Gasteiger partial charge on any atom is -0.378 e. The summed E-state index contributed by atoms with van der Waals surface area (Å²) in [6.45, 7) is 4.32. The number of carbonyl (C=O) groups excluding carboxylic acids is 1. The zero-order chi connectivity index (χ0) is 14.7. The first-order chi connectivity index (χ1) is 8.71. The third kappa shape index (κ3) is 4.74. The van der Waals surface area contributed by atoms with Crippen LogP contribution in [0.3, 0.4) is 0 Å². The molecule has 1 rings (SSSR count). The number of ether oxygens (including phenoxy) is 1. The first kappa shape index (κ1) is 16.4. The van der Waals surface area contributed by atoms with Gasteiger partial charge in [-0.3, -0.25) is 4.79 Å². The van der Waals surface area contributed by atoms with Crippen molar-refractivity contribution in [1.29, 1.82) is 0 Å². The van der Waals surface area contributed by atoms with E-state index in [1.165, 1.54) is 7.05 Å². The van der Waals surface area contributed by atoms with Crippen LogP contribution in [0, 0.1) is 0 Å². The summed E-state index contributed by atoms with van der Waals surface area (Å²) in [4.78, 5) is 13.9. The molecule has 0 aliphatic carbocycles. The fourth-order valence-electron chi connectivity index (χ4n) is 2.21. The van der Waals surface area contributed by atoms with Gasteiger partial charge in [0.15, 0.2) is 0 Å². The summed E-state index contributed by atoms with van der Waals surface area (Å²) in [5.41, 5.74) is -0.522. The normalized spacial score (nSPS) is 20.8. The van der Waals surface area contributed by atoms with E-state index < -0.39 is 15.6 Å². The Balaban J connectivity index is 2.69. The van der Waals surface area contributed by atoms with E-state index in [1.807, 2.05) is 13.8 Å². The number of hydrogen-bond acceptors (Lipinski definition) is 4. The highest BCUT2D eigenvalue weighted by molar-refractivity contribution is 7.89. The second-order valence-corrected chi connectivity index (χ2v) is 7.48. The van der Waals surface area contributed by atoms with Gasteiger partial charge in [-0.05, 0) is 33.7 Å². The van der Waals surface area contributed by atoms with Crippen molar-refractivity contribution in [1.82, 2.24) is 9.62 Å². The molecule has 7 heteroatoms. The van der Waals surface area contributed by atoms with Crippen molar-refractivity contribution in [2.75, 3.05) is 26.5 Å². The molecule has 0 unspecified atom stereocenters. The summed E-state index contributed by atoms with van der Waals surface area (Å²) in [6.07, 6.45) is 1.85. The predicted molar refractivity (Wildman–Crippen MR) is 73.3 cm³/mol. The molecule has 0 spiro atoms. The molecule has 0 bridgehead atoms. The zero-order valence-corrected chi connectivity index (χ0v) is 12.9. The standard InChI is InChI=1S/C12H24N2O4S/c1-12(2,18-4)8-11(15)14-7-5-6-10(14)9-19(16,17)13-3/h10,13H,5-9H2,1-4H3/t10-/m1/s1. The molecule has 1 heterocycles. The van der Waals surface area contributed by atoms with Crippen LogP contribution in [0.2, 0.25) is 0 Å². The topological polar surface area (TPSA) is 75.7 Å². The Morgan fingerprint density at radius 1 is 1.47 bits per heavy atom. The molecule has 1 amide bonds. The van der Waals surface area contributed by atoms with Gasteiger partial charge in [0.1, 0.15) is 0 Å². The van der Waals surface area contributed by atoms with Crippen molar-refractivity contribution < 1.29 is 17.9 Å². The smallest absolute Gasteiger partial charge is 0.225 e. The Hall–Kier alpha value is -0.660. The van der Waals surface area contributed by atoms with E-state index in [2.05, 4.69) is 4.72 Å². The lowest BCUT2D eigenvalue weighted by Crippen LogP contribution is -2.44. The maximum atomic E-state index is 12.2. The van der Waals surface area contributed by atoms with E-state index in [0.717, 1.165) is 12.8 Å². The number of rotatable bonds is 6. The second-order valence-electron chi connectivity index (χ2n) is 5.51. The van der Waals surface area contributed by atoms with Crippen LogP contribution < -0.4 is 4.72 Å². The minimum absolute atomic E-state index is 0.0251. The molecule has 1 saturated heterocycles. The first-order valence-corrected chi connectivity index (χ1v) is 8.12. The van der Waals surface area contributed by atoms with Crippen molar-refractivity contribution in [2.24, 2.45) is 0 Å². The summed E-state index contributed by atoms with van der Waals surface area (Å²) in [6, 6.07) is -0.224. The van der Waals surface area contributed by atoms with Gasteiger partial charge >= 0.3 is 0 Å². The summed E-state index contributed by atoms with van der Waals surface area (Å²) < 4.78 is 30.7. The van der Waals surface area contributed by atoms with Gasteiger partial charge in [0, 0.05) is 19.7 Å². The van der Waals surface area contributed by atoms with Gasteiger partial charge in [0.25, 0.3) is 0 Å². The Bertz CT molecular complexity index is 419. The Morgan fingerprint density at radius 3 is 2.63 bits per heavy atom. The molecular formula is C12H24N2O4S. The molecule has 1 N–H and O–H groups in total. The van der Waals surface area contributed by atoms with Gasteiger partial charge in [-0.15, -0.1) is 0 Å². The summed E-state index contributed by atoms with van der Waals surface area (Å²) in [5, 5.41) is 0. The molecule has 0 aromatic heterocycles. The van der Waals surface area contributed by atoms with Crippen molar-refractivity contribution in [2.45, 2.75) is 44.8 Å². The average Bonchev–Trinajstić information content (AvgIpc) is 2.76. The molecule has 0 saturated carbocycles. The van der Waals surface area contributed by atoms with Gasteiger partial charge in [-0.25, -0.2) is 13.1 Å². The van der Waals surface area contributed by atoms with E-state index >= 15 is 0 Å². The number of sulfonamides is 1. The Morgan fingerprint density at radius 2 is 2.11 bits per heavy atom. The highest BCUT2D eigenvalue weighted by atomic mass is 32.2. The van der Waals surface area contributed by atoms with Crippen LogP contribution in [0.15, 0.2) is 0 Å². The predicted octanol–water partition coefficient (Wildman–Crippen LogP) is 0.342. The van der Waals surface area contributed by atoms with Crippen LogP contribution in [0.5, 0.6) is 0 Å². The third-order valence-electron chi connectivity index (χ3n) is 3.55. The van der Waals surface area contributed by atoms with Gasteiger partial charge in [0.05, 0.1) is 17.8 Å². The number of carbonyl (C=O) groups is 1. The van der Waals surface area contributed by atoms with Crippen molar-refractivity contribution >= 4 is 15.9 Å². The fraction of sp³-hybridized carbons (Fsp3) is 0.917. The lowest BCUT2D eigenvalue weighted by molar-refractivity contribution is -0.136. The largest absolute Gasteiger partial charge is 0.378 e. The maximum absolute atomic E-state index is 12.2. The highest BCUT2D eigenvalue weighted by Gasteiger charge is 2.34. The molecular weight excluding hydrogens is 268 g/mol. The lowest BCUT2D eigenvalue weighted by atomic mass is 10.0. The van der Waals surface area contributed by atoms with E-state index in [1.54, 1.807) is 12.0 Å². The molecule has 1 aliphatic rings. The average molecular weight is 292 g/mol. The Labute approximate surface area is 115 Å². The number of nitrogens with zero attached hydrogens (tertiary/aromatic N) is 1. The molecule has 19 heavy (non-hydrogen) atoms. The van der Waals surface area contributed by atoms with Crippen LogP contribution in [0.25, 0.3) is 0 Å². The van der Waals surface area contributed by atoms with Crippen LogP contribution in [0.4, 0.5) is 0 Å². The quantitative estimate of drug-likeness (QED) is 0.766. The fourth-order valence-corrected chi connectivity index (χ4v) is 3.23. The molecule has 0 aromatic rings. The minimum atomic E-state index is -3.29. The SMILES string of the molecule is CNS(=O)(=O)C[C@H]1CCCN1C(=O)CC(C)(C)OC. The third-order valence-corrected chi connectivity index (χ3v) is 5.00. The van der Waals surface area contributed by atoms with Crippen LogP contribution in [-0.2, 0) is 19.6 Å². The molecule has 1 fully saturated rings. The molecule has 1 aliphatic heterocycles. The van der Waals surface area contributed by atoms with Crippen molar-refractivity contribution in [3.05, 3.63) is 0 Å². The number of amides is 1. The number of likely N-dealkylation sites (tertiary alicyclic amines) is 1. The van der Waals surface area contributed by atoms with Crippen LogP contribution in [-0.4, -0.2) is 57.3 Å². The van der Waals surface area contributed by atoms with Crippen molar-refractivity contribution in [3.8, 4) is 0 Å². The molecule has 6 nitrogen and oxygen atoms in total. The summed E-state index contributed by atoms with van der Waals surface area (Å²) in [7, 11) is -0.331. The van der Waals surface area contributed by atoms with Crippen LogP contribution in [0.1, 0.15) is 33.1 Å². The molecule has 0 radical (unpaired) electrons. The lowest BCUT2D eigenvalue weighted by Gasteiger charge is -2.29. The number of nitrogens with one attached hydrogen (secondary N) is 1. The summed E-state index contributed by atoms with van der Waals surface area (Å²) in [5.74, 6) is -0.0662. The maximum Gasteiger partial charge on any atom is 0.225 e. The van der Waals surface area contributed by atoms with Gasteiger partial charge < -0.3 is 9.64 Å². The monoisotopic (exact) mass is 292 g/mol. The molecule has 0 aromatic carbocycles. The van der Waals surface area contributed by atoms with E-state index in [4.69, 9.17) is 4.74 Å². The Kier molecular flexibility index (Phi) is 5.34. The van der Waals surface area contributed by atoms with Gasteiger partial charge in [0.2, 0.25) is 15.9 Å². The molecule has 1 atom stereocenters. The number of methoxy groups -OCH3 is 1. The van der Waals surface area contributed by atoms with Crippen molar-refractivity contribution in [3.63, 3.8) is 0 Å². The zero-order valence-electron chi connectivity index (χ0n) is 12.1. The number of hydrogen-bond donors (Lipinski definition) is 1. The van der Waals surface area contributed by atoms with Gasteiger partial charge in [-0.2, -0.15) is 0 Å². The van der Waals surface area contributed by atoms with Gasteiger partial charge in [-0.1, -0.05) is 0 Å². The second kappa shape index (κ2) is 6.19. The summed E-state index contributed by atoms with van der Waals surface area (Å²) >= 11 is 0. The highest BCUT2D eigenvalue weighted by Crippen LogP contribution is 2.23. The van der Waals surface area contributed by atoms with E-state index in [-0.39, 0.29) is 24.1 Å². The molecule has 112 valence electrons.